The topological polar surface area (TPSA) is 184 Å². The van der Waals surface area contributed by atoms with Gasteiger partial charge in [-0.15, -0.1) is 0 Å². The fraction of sp³-hybridized carbons (Fsp3) is 0. The standard InChI is InChI=1S/4H2N.H2O4S.Pd/c;;;;1-5(2,3)4;/h4*1H2;(H2,1,2,3,4);/q4*-1;;+6/p-2. The van der Waals surface area contributed by atoms with Crippen LogP contribution >= 0.6 is 0 Å². The molecule has 0 unspecified atom stereocenters. The van der Waals surface area contributed by atoms with Gasteiger partial charge in [-0.1, -0.05) is 0 Å². The molecule has 0 heterocycles. The van der Waals surface area contributed by atoms with Crippen LogP contribution in [0.5, 0.6) is 0 Å². The number of hydrogen-bond donors (Lipinski definition) is 4. The third kappa shape index (κ3) is 3280. The Kier molecular flexibility index (Phi) is 5.58. The van der Waals surface area contributed by atoms with E-state index in [1.807, 2.05) is 0 Å². The molecule has 0 amide bonds. The van der Waals surface area contributed by atoms with Gasteiger partial charge in [0.05, 0.1) is 0 Å². The summed E-state index contributed by atoms with van der Waals surface area (Å²) in [7, 11) is -5.17. The summed E-state index contributed by atoms with van der Waals surface area (Å²) in [6.45, 7) is 0. The minimum atomic E-state index is -5.17. The molecule has 0 aromatic rings. The first-order valence-electron chi connectivity index (χ1n) is 1.40. The van der Waals surface area contributed by atoms with Crippen molar-refractivity contribution in [1.29, 1.82) is 0 Å². The predicted octanol–water partition coefficient (Wildman–Crippen LogP) is -3.70. The molecule has 0 aliphatic rings. The van der Waals surface area contributed by atoms with Crippen LogP contribution in [0.3, 0.4) is 0 Å². The van der Waals surface area contributed by atoms with Gasteiger partial charge in [-0.05, 0) is 0 Å². The first kappa shape index (κ1) is 13.0. The van der Waals surface area contributed by atoms with Crippen LogP contribution in [0.25, 0.3) is 0 Å². The molecule has 0 spiro atoms. The van der Waals surface area contributed by atoms with Crippen molar-refractivity contribution in [3.63, 3.8) is 0 Å². The fourth-order valence-corrected chi connectivity index (χ4v) is 0. The van der Waals surface area contributed by atoms with Crippen LogP contribution in [0.1, 0.15) is 0 Å². The van der Waals surface area contributed by atoms with E-state index in [1.54, 1.807) is 0 Å². The molecule has 10 heavy (non-hydrogen) atoms. The third-order valence-corrected chi connectivity index (χ3v) is 0. The molecule has 0 aliphatic carbocycles. The van der Waals surface area contributed by atoms with Gasteiger partial charge in [-0.25, -0.2) is 0 Å². The SMILES string of the molecule is O=S(=O)([O-])[O-].[NH2][Pd+2]([NH2])([NH2])[NH2]. The second kappa shape index (κ2) is 4.29. The van der Waals surface area contributed by atoms with Gasteiger partial charge >= 0.3 is 34.0 Å². The van der Waals surface area contributed by atoms with E-state index in [9.17, 15) is 0 Å². The van der Waals surface area contributed by atoms with Crippen LogP contribution in [0.15, 0.2) is 0 Å². The molecule has 0 radical (unpaired) electrons. The van der Waals surface area contributed by atoms with Crippen LogP contribution in [-0.2, 0) is 26.9 Å². The molecule has 0 bridgehead atoms. The van der Waals surface area contributed by atoms with Crippen molar-refractivity contribution in [2.75, 3.05) is 0 Å². The van der Waals surface area contributed by atoms with Crippen molar-refractivity contribution in [2.45, 2.75) is 0 Å². The van der Waals surface area contributed by atoms with Crippen molar-refractivity contribution >= 4 is 10.4 Å². The quantitative estimate of drug-likeness (QED) is 0.196. The monoisotopic (exact) mass is 266 g/mol. The van der Waals surface area contributed by atoms with Crippen LogP contribution < -0.4 is 17.5 Å². The number of nitrogens with two attached hydrogens (primary N) is 4. The molecule has 0 saturated heterocycles. The predicted molar refractivity (Wildman–Crippen MR) is 27.2 cm³/mol. The molecule has 8 nitrogen and oxygen atoms in total. The summed E-state index contributed by atoms with van der Waals surface area (Å²) in [5.41, 5.74) is 0. The van der Waals surface area contributed by atoms with E-state index in [-0.39, 0.29) is 0 Å². The normalized spacial score (nSPS) is 13.4. The molecule has 0 aliphatic heterocycles. The summed E-state index contributed by atoms with van der Waals surface area (Å²) >= 11 is -2.70. The summed E-state index contributed by atoms with van der Waals surface area (Å²) in [6, 6.07) is 0. The number of hydrogen-bond acceptors (Lipinski definition) is 8. The first-order chi connectivity index (χ1) is 4.00. The van der Waals surface area contributed by atoms with E-state index in [2.05, 4.69) is 0 Å². The summed E-state index contributed by atoms with van der Waals surface area (Å²) in [6.07, 6.45) is 0. The van der Waals surface area contributed by atoms with Gasteiger partial charge < -0.3 is 9.11 Å². The van der Waals surface area contributed by atoms with Crippen LogP contribution in [0.4, 0.5) is 0 Å². The summed E-state index contributed by atoms with van der Waals surface area (Å²) < 4.78 is 53.4. The molecule has 0 saturated carbocycles. The van der Waals surface area contributed by atoms with Gasteiger partial charge in [0.2, 0.25) is 0 Å². The van der Waals surface area contributed by atoms with E-state index in [4.69, 9.17) is 35.0 Å². The molecule has 0 aromatic heterocycles. The molecule has 10 heteroatoms. The van der Waals surface area contributed by atoms with Gasteiger partial charge in [-0.2, -0.15) is 0 Å². The van der Waals surface area contributed by atoms with Crippen LogP contribution in [-0.4, -0.2) is 17.5 Å². The van der Waals surface area contributed by atoms with E-state index in [0.717, 1.165) is 0 Å². The maximum absolute atomic E-state index is 8.52. The molecule has 8 N–H and O–H groups in total. The van der Waals surface area contributed by atoms with Gasteiger partial charge in [-0.3, -0.25) is 8.42 Å². The molecule has 0 rings (SSSR count). The molecule has 0 aromatic carbocycles. The molecular weight excluding hydrogens is 259 g/mol. The average Bonchev–Trinajstić information content (AvgIpc) is 1.12. The van der Waals surface area contributed by atoms with Crippen LogP contribution in [0, 0.1) is 0 Å². The molecule has 0 fully saturated rings. The van der Waals surface area contributed by atoms with Crippen molar-refractivity contribution in [2.24, 2.45) is 17.5 Å². The van der Waals surface area contributed by atoms with Crippen molar-refractivity contribution in [1.82, 2.24) is 0 Å². The Bertz CT molecular complexity index is 152. The van der Waals surface area contributed by atoms with Gasteiger partial charge in [0.25, 0.3) is 0 Å². The van der Waals surface area contributed by atoms with E-state index < -0.39 is 26.9 Å². The summed E-state index contributed by atoms with van der Waals surface area (Å²) in [5.74, 6) is 0. The summed E-state index contributed by atoms with van der Waals surface area (Å²) in [4.78, 5) is 0. The Balaban J connectivity index is 0. The van der Waals surface area contributed by atoms with E-state index in [1.165, 1.54) is 0 Å². The minimum absolute atomic E-state index is 2.70. The Morgan fingerprint density at radius 2 is 1.00 bits per heavy atom. The zero-order chi connectivity index (χ0) is 9.00. The van der Waals surface area contributed by atoms with Crippen LogP contribution in [0.2, 0.25) is 0 Å². The van der Waals surface area contributed by atoms with Crippen molar-refractivity contribution < 1.29 is 34.0 Å². The Morgan fingerprint density at radius 3 is 1.00 bits per heavy atom. The zero-order valence-corrected chi connectivity index (χ0v) is 7.04. The second-order valence-electron chi connectivity index (χ2n) is 1.04. The third-order valence-electron chi connectivity index (χ3n) is 0. The zero-order valence-electron chi connectivity index (χ0n) is 4.67. The fourth-order valence-electron chi connectivity index (χ4n) is 0. The van der Waals surface area contributed by atoms with Crippen molar-refractivity contribution in [3.8, 4) is 0 Å². The van der Waals surface area contributed by atoms with Gasteiger partial charge in [0.15, 0.2) is 0 Å². The Hall–Kier alpha value is 0.372. The number of rotatable bonds is 0. The summed E-state index contributed by atoms with van der Waals surface area (Å²) in [5, 5.41) is 0. The first-order valence-corrected chi connectivity index (χ1v) is 6.32. The van der Waals surface area contributed by atoms with Crippen molar-refractivity contribution in [3.05, 3.63) is 0 Å². The molecule has 68 valence electrons. The van der Waals surface area contributed by atoms with Gasteiger partial charge in [0, 0.05) is 10.4 Å². The Morgan fingerprint density at radius 1 is 1.00 bits per heavy atom. The van der Waals surface area contributed by atoms with Gasteiger partial charge in [0.1, 0.15) is 0 Å². The maximum atomic E-state index is 8.52. The Labute approximate surface area is 62.3 Å². The van der Waals surface area contributed by atoms with E-state index in [0.29, 0.717) is 0 Å². The molecule has 0 atom stereocenters. The second-order valence-corrected chi connectivity index (χ2v) is 4.97. The average molecular weight is 267 g/mol. The molecular formula is H8N4O4PdS. The van der Waals surface area contributed by atoms with E-state index >= 15 is 0 Å².